The van der Waals surface area contributed by atoms with E-state index in [1.807, 2.05) is 24.3 Å². The predicted molar refractivity (Wildman–Crippen MR) is 87.3 cm³/mol. The van der Waals surface area contributed by atoms with Crippen LogP contribution < -0.4 is 5.32 Å². The molecule has 1 fully saturated rings. The summed E-state index contributed by atoms with van der Waals surface area (Å²) < 4.78 is 0. The summed E-state index contributed by atoms with van der Waals surface area (Å²) in [6.07, 6.45) is 2.20. The molecule has 0 spiro atoms. The van der Waals surface area contributed by atoms with Crippen LogP contribution in [-0.4, -0.2) is 6.04 Å². The van der Waals surface area contributed by atoms with Crippen LogP contribution in [0.15, 0.2) is 42.5 Å². The van der Waals surface area contributed by atoms with E-state index in [1.165, 1.54) is 5.56 Å². The molecule has 0 amide bonds. The molecule has 0 aromatic heterocycles. The van der Waals surface area contributed by atoms with Crippen molar-refractivity contribution in [2.75, 3.05) is 5.32 Å². The minimum absolute atomic E-state index is 0.466. The first-order valence-corrected chi connectivity index (χ1v) is 7.71. The predicted octanol–water partition coefficient (Wildman–Crippen LogP) is 6.00. The first kappa shape index (κ1) is 14.1. The number of hydrogen-bond donors (Lipinski definition) is 1. The second-order valence-electron chi connectivity index (χ2n) is 5.22. The van der Waals surface area contributed by atoms with Gasteiger partial charge in [0, 0.05) is 26.8 Å². The van der Waals surface area contributed by atoms with Gasteiger partial charge in [-0.15, -0.1) is 0 Å². The Morgan fingerprint density at radius 2 is 1.55 bits per heavy atom. The van der Waals surface area contributed by atoms with Crippen LogP contribution in [0.5, 0.6) is 0 Å². The largest absolute Gasteiger partial charge is 0.382 e. The summed E-state index contributed by atoms with van der Waals surface area (Å²) in [4.78, 5) is 0. The first-order valence-electron chi connectivity index (χ1n) is 6.58. The molecule has 0 bridgehead atoms. The smallest absolute Gasteiger partial charge is 0.0441 e. The third-order valence-electron chi connectivity index (χ3n) is 3.69. The third-order valence-corrected chi connectivity index (χ3v) is 4.36. The minimum atomic E-state index is 0.466. The van der Waals surface area contributed by atoms with Gasteiger partial charge in [-0.05, 0) is 54.7 Å². The molecule has 1 aliphatic carbocycles. The maximum atomic E-state index is 6.03. The number of halogens is 3. The van der Waals surface area contributed by atoms with Gasteiger partial charge in [0.2, 0.25) is 0 Å². The molecule has 1 nitrogen and oxygen atoms in total. The van der Waals surface area contributed by atoms with Gasteiger partial charge in [-0.25, -0.2) is 0 Å². The topological polar surface area (TPSA) is 12.0 Å². The molecular weight excluding hydrogens is 313 g/mol. The van der Waals surface area contributed by atoms with E-state index >= 15 is 0 Å². The van der Waals surface area contributed by atoms with Crippen LogP contribution in [0.25, 0.3) is 0 Å². The molecule has 0 heterocycles. The van der Waals surface area contributed by atoms with E-state index < -0.39 is 0 Å². The lowest BCUT2D eigenvalue weighted by molar-refractivity contribution is 0.374. The number of rotatable bonds is 3. The van der Waals surface area contributed by atoms with E-state index in [4.69, 9.17) is 34.8 Å². The van der Waals surface area contributed by atoms with Crippen LogP contribution in [0.2, 0.25) is 15.1 Å². The van der Waals surface area contributed by atoms with Gasteiger partial charge in [-0.1, -0.05) is 46.9 Å². The lowest BCUT2D eigenvalue weighted by Gasteiger charge is -2.37. The summed E-state index contributed by atoms with van der Waals surface area (Å²) in [6.45, 7) is 0. The second kappa shape index (κ2) is 5.85. The van der Waals surface area contributed by atoms with Crippen molar-refractivity contribution in [1.82, 2.24) is 0 Å². The summed E-state index contributed by atoms with van der Waals surface area (Å²) in [5, 5.41) is 5.59. The Hall–Kier alpha value is -0.890. The summed E-state index contributed by atoms with van der Waals surface area (Å²) in [6, 6.07) is 14.1. The molecule has 2 aromatic rings. The van der Waals surface area contributed by atoms with Crippen LogP contribution in [-0.2, 0) is 0 Å². The van der Waals surface area contributed by atoms with Crippen LogP contribution in [0.4, 0.5) is 5.69 Å². The van der Waals surface area contributed by atoms with E-state index in [0.717, 1.165) is 23.6 Å². The number of nitrogens with one attached hydrogen (secondary N) is 1. The molecule has 0 saturated heterocycles. The van der Waals surface area contributed by atoms with Crippen molar-refractivity contribution in [3.8, 4) is 0 Å². The van der Waals surface area contributed by atoms with Crippen molar-refractivity contribution >= 4 is 40.5 Å². The van der Waals surface area contributed by atoms with E-state index in [0.29, 0.717) is 22.0 Å². The van der Waals surface area contributed by atoms with Gasteiger partial charge in [0.05, 0.1) is 0 Å². The van der Waals surface area contributed by atoms with Crippen LogP contribution in [0, 0.1) is 0 Å². The van der Waals surface area contributed by atoms with Gasteiger partial charge in [0.25, 0.3) is 0 Å². The standard InChI is InChI=1S/C16H14Cl3N/c17-12-3-1-2-10(4-12)11-5-15(6-11)20-16-8-13(18)7-14(19)9-16/h1-4,7-9,11,15,20H,5-6H2. The number of anilines is 1. The fourth-order valence-corrected chi connectivity index (χ4v) is 3.37. The fraction of sp³-hybridized carbons (Fsp3) is 0.250. The molecular formula is C16H14Cl3N. The Kier molecular flexibility index (Phi) is 4.11. The molecule has 4 heteroatoms. The molecule has 0 aliphatic heterocycles. The van der Waals surface area contributed by atoms with Crippen LogP contribution >= 0.6 is 34.8 Å². The molecule has 2 aromatic carbocycles. The maximum absolute atomic E-state index is 6.03. The average Bonchev–Trinajstić information content (AvgIpc) is 2.32. The van der Waals surface area contributed by atoms with Crippen molar-refractivity contribution in [3.05, 3.63) is 63.1 Å². The Morgan fingerprint density at radius 1 is 0.850 bits per heavy atom. The zero-order chi connectivity index (χ0) is 14.1. The molecule has 1 aliphatic rings. The van der Waals surface area contributed by atoms with Gasteiger partial charge in [-0.2, -0.15) is 0 Å². The lowest BCUT2D eigenvalue weighted by atomic mass is 9.76. The molecule has 104 valence electrons. The molecule has 20 heavy (non-hydrogen) atoms. The Balaban J connectivity index is 1.61. The van der Waals surface area contributed by atoms with E-state index in [9.17, 15) is 0 Å². The fourth-order valence-electron chi connectivity index (χ4n) is 2.64. The molecule has 0 unspecified atom stereocenters. The quantitative estimate of drug-likeness (QED) is 0.729. The Labute approximate surface area is 133 Å². The molecule has 3 rings (SSSR count). The van der Waals surface area contributed by atoms with Crippen molar-refractivity contribution < 1.29 is 0 Å². The van der Waals surface area contributed by atoms with Gasteiger partial charge in [0.15, 0.2) is 0 Å². The monoisotopic (exact) mass is 325 g/mol. The summed E-state index contributed by atoms with van der Waals surface area (Å²) in [5.41, 5.74) is 2.30. The Bertz CT molecular complexity index is 601. The van der Waals surface area contributed by atoms with Crippen molar-refractivity contribution in [3.63, 3.8) is 0 Å². The summed E-state index contributed by atoms with van der Waals surface area (Å²) in [7, 11) is 0. The van der Waals surface area contributed by atoms with E-state index in [-0.39, 0.29) is 0 Å². The lowest BCUT2D eigenvalue weighted by Crippen LogP contribution is -2.33. The van der Waals surface area contributed by atoms with Crippen molar-refractivity contribution in [2.24, 2.45) is 0 Å². The first-order chi connectivity index (χ1) is 9.60. The minimum Gasteiger partial charge on any atom is -0.382 e. The second-order valence-corrected chi connectivity index (χ2v) is 6.53. The van der Waals surface area contributed by atoms with Crippen LogP contribution in [0.1, 0.15) is 24.3 Å². The van der Waals surface area contributed by atoms with E-state index in [1.54, 1.807) is 6.07 Å². The number of hydrogen-bond acceptors (Lipinski definition) is 1. The number of benzene rings is 2. The normalized spacial score (nSPS) is 21.4. The maximum Gasteiger partial charge on any atom is 0.0441 e. The molecule has 1 saturated carbocycles. The SMILES string of the molecule is Clc1cc(Cl)cc(NC2CC(c3cccc(Cl)c3)C2)c1. The van der Waals surface area contributed by atoms with Gasteiger partial charge < -0.3 is 5.32 Å². The highest BCUT2D eigenvalue weighted by atomic mass is 35.5. The highest BCUT2D eigenvalue weighted by Gasteiger charge is 2.30. The highest BCUT2D eigenvalue weighted by Crippen LogP contribution is 2.39. The summed E-state index contributed by atoms with van der Waals surface area (Å²) >= 11 is 18.0. The third kappa shape index (κ3) is 3.22. The van der Waals surface area contributed by atoms with Crippen molar-refractivity contribution in [2.45, 2.75) is 24.8 Å². The average molecular weight is 327 g/mol. The summed E-state index contributed by atoms with van der Waals surface area (Å²) in [5.74, 6) is 0.584. The van der Waals surface area contributed by atoms with Crippen LogP contribution in [0.3, 0.4) is 0 Å². The van der Waals surface area contributed by atoms with Gasteiger partial charge >= 0.3 is 0 Å². The van der Waals surface area contributed by atoms with Gasteiger partial charge in [0.1, 0.15) is 0 Å². The van der Waals surface area contributed by atoms with Crippen molar-refractivity contribution in [1.29, 1.82) is 0 Å². The zero-order valence-corrected chi connectivity index (χ0v) is 13.0. The van der Waals surface area contributed by atoms with E-state index in [2.05, 4.69) is 17.4 Å². The molecule has 1 N–H and O–H groups in total. The Morgan fingerprint density at radius 3 is 2.20 bits per heavy atom. The molecule has 0 radical (unpaired) electrons. The van der Waals surface area contributed by atoms with Gasteiger partial charge in [-0.3, -0.25) is 0 Å². The highest BCUT2D eigenvalue weighted by molar-refractivity contribution is 6.35. The molecule has 0 atom stereocenters. The zero-order valence-electron chi connectivity index (χ0n) is 10.7.